The van der Waals surface area contributed by atoms with Gasteiger partial charge >= 0.3 is 6.03 Å². The van der Waals surface area contributed by atoms with Gasteiger partial charge in [-0.1, -0.05) is 36.4 Å². The molecule has 4 rings (SSSR count). The smallest absolute Gasteiger partial charge is 0.331 e. The van der Waals surface area contributed by atoms with Gasteiger partial charge in [0.15, 0.2) is 0 Å². The molecule has 1 fully saturated rings. The van der Waals surface area contributed by atoms with Crippen LogP contribution in [0, 0.1) is 0 Å². The number of urea groups is 1. The number of hydrogen-bond acceptors (Lipinski definition) is 4. The van der Waals surface area contributed by atoms with Gasteiger partial charge < -0.3 is 4.90 Å². The highest BCUT2D eigenvalue weighted by molar-refractivity contribution is 6.30. The molecule has 0 saturated carbocycles. The summed E-state index contributed by atoms with van der Waals surface area (Å²) in [6, 6.07) is 14.5. The maximum atomic E-state index is 12.9. The van der Waals surface area contributed by atoms with Gasteiger partial charge in [-0.2, -0.15) is 0 Å². The topological polar surface area (TPSA) is 69.7 Å². The fourth-order valence-electron chi connectivity index (χ4n) is 3.68. The van der Waals surface area contributed by atoms with E-state index in [4.69, 9.17) is 0 Å². The maximum absolute atomic E-state index is 12.9. The molecule has 142 valence electrons. The number of nitrogens with one attached hydrogen (secondary N) is 1. The zero-order valence-electron chi connectivity index (χ0n) is 15.6. The molecule has 6 nitrogen and oxygen atoms in total. The van der Waals surface area contributed by atoms with Crippen molar-refractivity contribution in [1.82, 2.24) is 10.2 Å². The Balaban J connectivity index is 1.62. The number of nitrogens with zero attached hydrogens (tertiary/aromatic N) is 2. The number of likely N-dealkylation sites (N-methyl/N-ethyl adjacent to an activating group) is 1. The molecule has 6 heteroatoms. The number of anilines is 1. The molecule has 0 aliphatic carbocycles. The van der Waals surface area contributed by atoms with Crippen molar-refractivity contribution >= 4 is 29.6 Å². The van der Waals surface area contributed by atoms with Crippen LogP contribution in [0.2, 0.25) is 0 Å². The lowest BCUT2D eigenvalue weighted by Crippen LogP contribution is -2.53. The van der Waals surface area contributed by atoms with Gasteiger partial charge in [-0.3, -0.25) is 19.8 Å². The Kier molecular flexibility index (Phi) is 4.69. The highest BCUT2D eigenvalue weighted by Gasteiger charge is 2.35. The van der Waals surface area contributed by atoms with E-state index in [1.807, 2.05) is 48.5 Å². The van der Waals surface area contributed by atoms with E-state index in [9.17, 15) is 14.4 Å². The second-order valence-corrected chi connectivity index (χ2v) is 6.91. The summed E-state index contributed by atoms with van der Waals surface area (Å²) in [5.74, 6) is -1.23. The number of imide groups is 2. The summed E-state index contributed by atoms with van der Waals surface area (Å²) in [6.07, 6.45) is 2.51. The van der Waals surface area contributed by atoms with Crippen LogP contribution in [-0.4, -0.2) is 35.8 Å². The van der Waals surface area contributed by atoms with E-state index in [1.54, 1.807) is 6.08 Å². The summed E-state index contributed by atoms with van der Waals surface area (Å²) >= 11 is 0. The third-order valence-electron chi connectivity index (χ3n) is 5.16. The first-order valence-electron chi connectivity index (χ1n) is 9.37. The van der Waals surface area contributed by atoms with Gasteiger partial charge in [-0.25, -0.2) is 4.79 Å². The minimum Gasteiger partial charge on any atom is -0.371 e. The van der Waals surface area contributed by atoms with Gasteiger partial charge in [0.25, 0.3) is 11.8 Å². The quantitative estimate of drug-likeness (QED) is 0.659. The first kappa shape index (κ1) is 18.0. The molecular formula is C22H21N3O3. The summed E-state index contributed by atoms with van der Waals surface area (Å²) in [5, 5.41) is 2.27. The van der Waals surface area contributed by atoms with Crippen molar-refractivity contribution in [2.75, 3.05) is 18.0 Å². The average molecular weight is 375 g/mol. The van der Waals surface area contributed by atoms with Gasteiger partial charge in [0.05, 0.1) is 6.54 Å². The van der Waals surface area contributed by atoms with Crippen LogP contribution < -0.4 is 10.2 Å². The number of carbonyl (C=O) groups excluding carboxylic acids is 3. The van der Waals surface area contributed by atoms with Gasteiger partial charge in [0.2, 0.25) is 0 Å². The van der Waals surface area contributed by atoms with Gasteiger partial charge in [0.1, 0.15) is 5.57 Å². The van der Waals surface area contributed by atoms with E-state index >= 15 is 0 Å². The molecule has 1 saturated heterocycles. The highest BCUT2D eigenvalue weighted by Crippen LogP contribution is 2.29. The molecular weight excluding hydrogens is 354 g/mol. The number of fused-ring (bicyclic) bond motifs is 1. The lowest BCUT2D eigenvalue weighted by Gasteiger charge is -2.26. The largest absolute Gasteiger partial charge is 0.371 e. The van der Waals surface area contributed by atoms with E-state index in [0.29, 0.717) is 0 Å². The standard InChI is InChI=1S/C22H21N3O3/c1-2-24-11-10-17-12-16(8-9-19(17)24)13-18-20(26)23-22(28)25(21(18)27)14-15-6-4-3-5-7-15/h3-9,12-13H,2,10-11,14H2,1H3,(H,23,26,28)/b18-13+. The zero-order valence-corrected chi connectivity index (χ0v) is 15.6. The van der Waals surface area contributed by atoms with E-state index in [-0.39, 0.29) is 12.1 Å². The van der Waals surface area contributed by atoms with Crippen LogP contribution in [0.1, 0.15) is 23.6 Å². The molecule has 4 amide bonds. The van der Waals surface area contributed by atoms with Crippen molar-refractivity contribution in [3.05, 3.63) is 70.8 Å². The number of amides is 4. The van der Waals surface area contributed by atoms with Gasteiger partial charge in [-0.05, 0) is 48.2 Å². The number of carbonyl (C=O) groups is 3. The molecule has 28 heavy (non-hydrogen) atoms. The SMILES string of the molecule is CCN1CCc2cc(/C=C3\C(=O)NC(=O)N(Cc4ccccc4)C3=O)ccc21. The average Bonchev–Trinajstić information content (AvgIpc) is 3.11. The van der Waals surface area contributed by atoms with Gasteiger partial charge in [0, 0.05) is 18.8 Å². The molecule has 2 aliphatic heterocycles. The molecule has 0 bridgehead atoms. The molecule has 2 aliphatic rings. The lowest BCUT2D eigenvalue weighted by atomic mass is 10.0. The van der Waals surface area contributed by atoms with Crippen molar-refractivity contribution in [3.8, 4) is 0 Å². The molecule has 2 aromatic rings. The van der Waals surface area contributed by atoms with Crippen LogP contribution >= 0.6 is 0 Å². The summed E-state index contributed by atoms with van der Waals surface area (Å²) in [5.41, 5.74) is 3.98. The third-order valence-corrected chi connectivity index (χ3v) is 5.16. The molecule has 2 heterocycles. The van der Waals surface area contributed by atoms with Crippen LogP contribution in [0.25, 0.3) is 6.08 Å². The minimum atomic E-state index is -0.691. The van der Waals surface area contributed by atoms with Crippen LogP contribution in [0.3, 0.4) is 0 Å². The second-order valence-electron chi connectivity index (χ2n) is 6.91. The van der Waals surface area contributed by atoms with Crippen molar-refractivity contribution in [3.63, 3.8) is 0 Å². The fourth-order valence-corrected chi connectivity index (χ4v) is 3.68. The molecule has 0 aromatic heterocycles. The number of barbiturate groups is 1. The Morgan fingerprint density at radius 1 is 1.07 bits per heavy atom. The zero-order chi connectivity index (χ0) is 19.7. The molecule has 0 radical (unpaired) electrons. The summed E-state index contributed by atoms with van der Waals surface area (Å²) in [4.78, 5) is 40.7. The van der Waals surface area contributed by atoms with Crippen molar-refractivity contribution in [2.45, 2.75) is 19.9 Å². The van der Waals surface area contributed by atoms with E-state index in [0.717, 1.165) is 35.5 Å². The summed E-state index contributed by atoms with van der Waals surface area (Å²) < 4.78 is 0. The fraction of sp³-hybridized carbons (Fsp3) is 0.227. The normalized spacial score (nSPS) is 17.9. The third kappa shape index (κ3) is 3.29. The van der Waals surface area contributed by atoms with E-state index < -0.39 is 17.8 Å². The Labute approximate surface area is 163 Å². The van der Waals surface area contributed by atoms with Crippen LogP contribution in [-0.2, 0) is 22.6 Å². The molecule has 2 aromatic carbocycles. The predicted molar refractivity (Wildman–Crippen MR) is 107 cm³/mol. The number of rotatable bonds is 4. The second kappa shape index (κ2) is 7.31. The number of benzene rings is 2. The molecule has 0 unspecified atom stereocenters. The molecule has 0 atom stereocenters. The predicted octanol–water partition coefficient (Wildman–Crippen LogP) is 2.73. The maximum Gasteiger partial charge on any atom is 0.331 e. The van der Waals surface area contributed by atoms with Crippen molar-refractivity contribution in [2.24, 2.45) is 0 Å². The van der Waals surface area contributed by atoms with E-state index in [1.165, 1.54) is 11.3 Å². The Morgan fingerprint density at radius 2 is 1.86 bits per heavy atom. The van der Waals surface area contributed by atoms with Crippen molar-refractivity contribution < 1.29 is 14.4 Å². The lowest BCUT2D eigenvalue weighted by molar-refractivity contribution is -0.130. The first-order chi connectivity index (χ1) is 13.6. The summed E-state index contributed by atoms with van der Waals surface area (Å²) in [7, 11) is 0. The van der Waals surface area contributed by atoms with Crippen LogP contribution in [0.15, 0.2) is 54.1 Å². The summed E-state index contributed by atoms with van der Waals surface area (Å²) in [6.45, 7) is 4.16. The Hall–Kier alpha value is -3.41. The monoisotopic (exact) mass is 375 g/mol. The van der Waals surface area contributed by atoms with Crippen molar-refractivity contribution in [1.29, 1.82) is 0 Å². The van der Waals surface area contributed by atoms with Gasteiger partial charge in [-0.15, -0.1) is 0 Å². The highest BCUT2D eigenvalue weighted by atomic mass is 16.2. The number of hydrogen-bond donors (Lipinski definition) is 1. The van der Waals surface area contributed by atoms with Crippen LogP contribution in [0.4, 0.5) is 10.5 Å². The molecule has 1 N–H and O–H groups in total. The first-order valence-corrected chi connectivity index (χ1v) is 9.37. The van der Waals surface area contributed by atoms with E-state index in [2.05, 4.69) is 17.1 Å². The Bertz CT molecular complexity index is 982. The minimum absolute atomic E-state index is 0.0270. The molecule has 0 spiro atoms. The van der Waals surface area contributed by atoms with Crippen LogP contribution in [0.5, 0.6) is 0 Å². The Morgan fingerprint density at radius 3 is 2.61 bits per heavy atom.